The van der Waals surface area contributed by atoms with Crippen LogP contribution in [0.15, 0.2) is 42.5 Å². The highest BCUT2D eigenvalue weighted by atomic mass is 16.5. The quantitative estimate of drug-likeness (QED) is 0.591. The van der Waals surface area contributed by atoms with Gasteiger partial charge in [-0.2, -0.15) is 0 Å². The second kappa shape index (κ2) is 6.87. The van der Waals surface area contributed by atoms with E-state index in [4.69, 9.17) is 10.5 Å². The van der Waals surface area contributed by atoms with Crippen molar-refractivity contribution in [3.05, 3.63) is 48.0 Å². The topological polar surface area (TPSA) is 35.2 Å². The zero-order valence-electron chi connectivity index (χ0n) is 14.1. The fraction of sp³-hybridized carbons (Fsp3) is 0.400. The SMILES string of the molecule is CCCCOc1cc(N)cc(-c2ccc(C(C)(C)C)cc2)c1. The van der Waals surface area contributed by atoms with E-state index < -0.39 is 0 Å². The van der Waals surface area contributed by atoms with E-state index in [1.165, 1.54) is 11.1 Å². The third-order valence-corrected chi connectivity index (χ3v) is 3.78. The summed E-state index contributed by atoms with van der Waals surface area (Å²) in [4.78, 5) is 0. The lowest BCUT2D eigenvalue weighted by Crippen LogP contribution is -2.10. The molecule has 0 heterocycles. The largest absolute Gasteiger partial charge is 0.493 e. The van der Waals surface area contributed by atoms with Gasteiger partial charge in [0.1, 0.15) is 5.75 Å². The lowest BCUT2D eigenvalue weighted by Gasteiger charge is -2.19. The first-order valence-electron chi connectivity index (χ1n) is 8.04. The Morgan fingerprint density at radius 2 is 1.64 bits per heavy atom. The molecule has 2 nitrogen and oxygen atoms in total. The third kappa shape index (κ3) is 4.27. The van der Waals surface area contributed by atoms with Crippen LogP contribution in [0, 0.1) is 0 Å². The van der Waals surface area contributed by atoms with Gasteiger partial charge in [0, 0.05) is 11.8 Å². The molecule has 0 saturated carbocycles. The standard InChI is InChI=1S/C20H27NO/c1-5-6-11-22-19-13-16(12-18(21)14-19)15-7-9-17(10-8-15)20(2,3)4/h7-10,12-14H,5-6,11,21H2,1-4H3. The van der Waals surface area contributed by atoms with Crippen LogP contribution >= 0.6 is 0 Å². The van der Waals surface area contributed by atoms with Gasteiger partial charge in [0.15, 0.2) is 0 Å². The number of anilines is 1. The van der Waals surface area contributed by atoms with Crippen molar-refractivity contribution in [3.8, 4) is 16.9 Å². The Hall–Kier alpha value is -1.96. The van der Waals surface area contributed by atoms with Crippen molar-refractivity contribution in [1.29, 1.82) is 0 Å². The first-order chi connectivity index (χ1) is 10.4. The van der Waals surface area contributed by atoms with Crippen LogP contribution in [0.25, 0.3) is 11.1 Å². The van der Waals surface area contributed by atoms with E-state index in [1.54, 1.807) is 0 Å². The number of nitrogen functional groups attached to an aromatic ring is 1. The average Bonchev–Trinajstić information content (AvgIpc) is 2.46. The van der Waals surface area contributed by atoms with Gasteiger partial charge in [-0.3, -0.25) is 0 Å². The van der Waals surface area contributed by atoms with Gasteiger partial charge in [-0.15, -0.1) is 0 Å². The Morgan fingerprint density at radius 1 is 0.955 bits per heavy atom. The van der Waals surface area contributed by atoms with Gasteiger partial charge in [0.2, 0.25) is 0 Å². The van der Waals surface area contributed by atoms with Crippen LogP contribution in [0.4, 0.5) is 5.69 Å². The molecule has 0 spiro atoms. The summed E-state index contributed by atoms with van der Waals surface area (Å²) in [5.74, 6) is 0.850. The van der Waals surface area contributed by atoms with Crippen LogP contribution in [0.2, 0.25) is 0 Å². The van der Waals surface area contributed by atoms with E-state index in [0.717, 1.165) is 36.4 Å². The predicted octanol–water partition coefficient (Wildman–Crippen LogP) is 5.41. The molecule has 0 fully saturated rings. The van der Waals surface area contributed by atoms with Crippen molar-refractivity contribution in [2.45, 2.75) is 46.0 Å². The van der Waals surface area contributed by atoms with E-state index in [2.05, 4.69) is 58.0 Å². The molecule has 0 aliphatic heterocycles. The van der Waals surface area contributed by atoms with E-state index in [9.17, 15) is 0 Å². The normalized spacial score (nSPS) is 11.5. The van der Waals surface area contributed by atoms with Crippen molar-refractivity contribution >= 4 is 5.69 Å². The first-order valence-corrected chi connectivity index (χ1v) is 8.04. The minimum atomic E-state index is 0.169. The molecule has 2 aromatic carbocycles. The molecule has 0 aromatic heterocycles. The smallest absolute Gasteiger partial charge is 0.121 e. The summed E-state index contributed by atoms with van der Waals surface area (Å²) in [6, 6.07) is 14.7. The van der Waals surface area contributed by atoms with E-state index in [1.807, 2.05) is 12.1 Å². The third-order valence-electron chi connectivity index (χ3n) is 3.78. The van der Waals surface area contributed by atoms with E-state index in [0.29, 0.717) is 0 Å². The maximum Gasteiger partial charge on any atom is 0.121 e. The number of hydrogen-bond acceptors (Lipinski definition) is 2. The molecule has 0 aliphatic rings. The molecule has 2 heteroatoms. The minimum Gasteiger partial charge on any atom is -0.493 e. The summed E-state index contributed by atoms with van der Waals surface area (Å²) in [7, 11) is 0. The Kier molecular flexibility index (Phi) is 5.12. The molecule has 0 aliphatic carbocycles. The summed E-state index contributed by atoms with van der Waals surface area (Å²) in [6.45, 7) is 9.57. The predicted molar refractivity (Wildman–Crippen MR) is 95.4 cm³/mol. The highest BCUT2D eigenvalue weighted by Crippen LogP contribution is 2.30. The van der Waals surface area contributed by atoms with Crippen LogP contribution in [0.5, 0.6) is 5.75 Å². The highest BCUT2D eigenvalue weighted by Gasteiger charge is 2.13. The Balaban J connectivity index is 2.24. The number of hydrogen-bond donors (Lipinski definition) is 1. The van der Waals surface area contributed by atoms with Crippen LogP contribution in [0.1, 0.15) is 46.1 Å². The number of nitrogens with two attached hydrogens (primary N) is 1. The summed E-state index contributed by atoms with van der Waals surface area (Å²) in [6.07, 6.45) is 2.19. The molecular formula is C20H27NO. The summed E-state index contributed by atoms with van der Waals surface area (Å²) in [5, 5.41) is 0. The molecule has 0 bridgehead atoms. The Bertz CT molecular complexity index is 609. The van der Waals surface area contributed by atoms with Gasteiger partial charge in [0.05, 0.1) is 6.61 Å². The van der Waals surface area contributed by atoms with Crippen LogP contribution in [-0.2, 0) is 5.41 Å². The lowest BCUT2D eigenvalue weighted by atomic mass is 9.86. The molecule has 0 saturated heterocycles. The molecule has 0 amide bonds. The second-order valence-electron chi connectivity index (χ2n) is 6.82. The maximum atomic E-state index is 6.02. The van der Waals surface area contributed by atoms with Crippen LogP contribution < -0.4 is 10.5 Å². The summed E-state index contributed by atoms with van der Waals surface area (Å²) < 4.78 is 5.79. The molecule has 0 atom stereocenters. The van der Waals surface area contributed by atoms with E-state index >= 15 is 0 Å². The molecule has 2 aromatic rings. The number of rotatable bonds is 5. The maximum absolute atomic E-state index is 6.02. The van der Waals surface area contributed by atoms with Crippen molar-refractivity contribution in [2.75, 3.05) is 12.3 Å². The Labute approximate surface area is 134 Å². The van der Waals surface area contributed by atoms with Crippen molar-refractivity contribution in [2.24, 2.45) is 0 Å². The summed E-state index contributed by atoms with van der Waals surface area (Å²) >= 11 is 0. The van der Waals surface area contributed by atoms with Gasteiger partial charge < -0.3 is 10.5 Å². The van der Waals surface area contributed by atoms with Crippen LogP contribution in [-0.4, -0.2) is 6.61 Å². The molecule has 2 N–H and O–H groups in total. The summed E-state index contributed by atoms with van der Waals surface area (Å²) in [5.41, 5.74) is 10.5. The molecule has 0 radical (unpaired) electrons. The molecule has 0 unspecified atom stereocenters. The van der Waals surface area contributed by atoms with Crippen molar-refractivity contribution < 1.29 is 4.74 Å². The fourth-order valence-corrected chi connectivity index (χ4v) is 2.37. The number of benzene rings is 2. The Morgan fingerprint density at radius 3 is 2.23 bits per heavy atom. The number of unbranched alkanes of at least 4 members (excludes halogenated alkanes) is 1. The zero-order valence-corrected chi connectivity index (χ0v) is 14.1. The van der Waals surface area contributed by atoms with Crippen molar-refractivity contribution in [1.82, 2.24) is 0 Å². The second-order valence-corrected chi connectivity index (χ2v) is 6.82. The zero-order chi connectivity index (χ0) is 16.2. The highest BCUT2D eigenvalue weighted by molar-refractivity contribution is 5.70. The van der Waals surface area contributed by atoms with E-state index in [-0.39, 0.29) is 5.41 Å². The van der Waals surface area contributed by atoms with Crippen LogP contribution in [0.3, 0.4) is 0 Å². The minimum absolute atomic E-state index is 0.169. The van der Waals surface area contributed by atoms with Gasteiger partial charge >= 0.3 is 0 Å². The van der Waals surface area contributed by atoms with Gasteiger partial charge in [-0.25, -0.2) is 0 Å². The number of ether oxygens (including phenoxy) is 1. The van der Waals surface area contributed by atoms with Gasteiger partial charge in [-0.05, 0) is 40.7 Å². The molecule has 118 valence electrons. The lowest BCUT2D eigenvalue weighted by molar-refractivity contribution is 0.309. The molecular weight excluding hydrogens is 270 g/mol. The first kappa shape index (κ1) is 16.4. The average molecular weight is 297 g/mol. The fourth-order valence-electron chi connectivity index (χ4n) is 2.37. The molecule has 22 heavy (non-hydrogen) atoms. The van der Waals surface area contributed by atoms with Gasteiger partial charge in [-0.1, -0.05) is 58.4 Å². The van der Waals surface area contributed by atoms with Crippen molar-refractivity contribution in [3.63, 3.8) is 0 Å². The monoisotopic (exact) mass is 297 g/mol. The molecule has 2 rings (SSSR count). The van der Waals surface area contributed by atoms with Gasteiger partial charge in [0.25, 0.3) is 0 Å².